The van der Waals surface area contributed by atoms with Crippen molar-refractivity contribution in [3.8, 4) is 0 Å². The second kappa shape index (κ2) is 3.24. The van der Waals surface area contributed by atoms with Crippen LogP contribution in [0.1, 0.15) is 39.0 Å². The summed E-state index contributed by atoms with van der Waals surface area (Å²) in [6.45, 7) is 0.788. The summed E-state index contributed by atoms with van der Waals surface area (Å²) in [5, 5.41) is 8.89. The number of alkyl halides is 2. The third kappa shape index (κ3) is 2.39. The van der Waals surface area contributed by atoms with Crippen molar-refractivity contribution in [1.82, 2.24) is 0 Å². The summed E-state index contributed by atoms with van der Waals surface area (Å²) in [5.41, 5.74) is -1.15. The molecule has 0 aromatic heterocycles. The first-order valence-electron chi connectivity index (χ1n) is 4.47. The molecule has 0 bridgehead atoms. The molecule has 0 saturated heterocycles. The molecule has 0 atom stereocenters. The summed E-state index contributed by atoms with van der Waals surface area (Å²) in [7, 11) is 0. The number of rotatable bonds is 3. The molecule has 2 nitrogen and oxygen atoms in total. The first kappa shape index (κ1) is 10.4. The maximum atomic E-state index is 12.7. The zero-order valence-corrected chi connectivity index (χ0v) is 7.65. The maximum Gasteiger partial charge on any atom is 0.309 e. The minimum Gasteiger partial charge on any atom is -0.481 e. The van der Waals surface area contributed by atoms with Gasteiger partial charge in [0.25, 0.3) is 0 Å². The smallest absolute Gasteiger partial charge is 0.309 e. The van der Waals surface area contributed by atoms with E-state index in [1.807, 2.05) is 0 Å². The highest BCUT2D eigenvalue weighted by molar-refractivity contribution is 5.75. The molecule has 1 saturated carbocycles. The molecule has 0 heterocycles. The van der Waals surface area contributed by atoms with Gasteiger partial charge in [-0.15, -0.1) is 0 Å². The van der Waals surface area contributed by atoms with Gasteiger partial charge in [-0.25, -0.2) is 8.78 Å². The molecule has 4 heteroatoms. The Bertz CT molecular complexity index is 202. The van der Waals surface area contributed by atoms with Crippen molar-refractivity contribution in [2.75, 3.05) is 0 Å². The Morgan fingerprint density at radius 1 is 1.46 bits per heavy atom. The van der Waals surface area contributed by atoms with Crippen LogP contribution in [0.4, 0.5) is 8.78 Å². The van der Waals surface area contributed by atoms with Gasteiger partial charge in [-0.05, 0) is 19.8 Å². The molecule has 0 aliphatic heterocycles. The van der Waals surface area contributed by atoms with Gasteiger partial charge in [0.05, 0.1) is 5.41 Å². The zero-order valence-electron chi connectivity index (χ0n) is 7.65. The van der Waals surface area contributed by atoms with Crippen LogP contribution >= 0.6 is 0 Å². The number of halogens is 2. The monoisotopic (exact) mass is 192 g/mol. The van der Waals surface area contributed by atoms with Gasteiger partial charge >= 0.3 is 5.97 Å². The molecule has 1 aliphatic carbocycles. The van der Waals surface area contributed by atoms with E-state index in [4.69, 9.17) is 5.11 Å². The molecule has 1 rings (SSSR count). The van der Waals surface area contributed by atoms with Crippen molar-refractivity contribution >= 4 is 5.97 Å². The van der Waals surface area contributed by atoms with E-state index in [9.17, 15) is 13.6 Å². The molecular formula is C9H14F2O2. The van der Waals surface area contributed by atoms with Gasteiger partial charge in [0.1, 0.15) is 0 Å². The van der Waals surface area contributed by atoms with E-state index in [1.165, 1.54) is 0 Å². The Balaban J connectivity index is 2.74. The topological polar surface area (TPSA) is 37.3 Å². The van der Waals surface area contributed by atoms with Gasteiger partial charge in [-0.3, -0.25) is 4.79 Å². The summed E-state index contributed by atoms with van der Waals surface area (Å²) in [5.74, 6) is -3.94. The van der Waals surface area contributed by atoms with Gasteiger partial charge in [0, 0.05) is 6.42 Å². The summed E-state index contributed by atoms with van der Waals surface area (Å²) in [6.07, 6.45) is 1.78. The van der Waals surface area contributed by atoms with E-state index in [1.54, 1.807) is 0 Å². The largest absolute Gasteiger partial charge is 0.481 e. The lowest BCUT2D eigenvalue weighted by atomic mass is 9.81. The average molecular weight is 192 g/mol. The van der Waals surface area contributed by atoms with Gasteiger partial charge in [-0.2, -0.15) is 0 Å². The first-order chi connectivity index (χ1) is 5.86. The fraction of sp³-hybridized carbons (Fsp3) is 0.889. The van der Waals surface area contributed by atoms with Crippen molar-refractivity contribution in [2.45, 2.75) is 45.0 Å². The van der Waals surface area contributed by atoms with Crippen LogP contribution in [0.3, 0.4) is 0 Å². The fourth-order valence-electron chi connectivity index (χ4n) is 2.11. The van der Waals surface area contributed by atoms with Crippen LogP contribution in [0.15, 0.2) is 0 Å². The molecule has 1 fully saturated rings. The van der Waals surface area contributed by atoms with Crippen molar-refractivity contribution in [1.29, 1.82) is 0 Å². The Kier molecular flexibility index (Phi) is 2.59. The molecule has 1 aliphatic rings. The number of hydrogen-bond donors (Lipinski definition) is 1. The third-order valence-corrected chi connectivity index (χ3v) is 2.66. The van der Waals surface area contributed by atoms with Crippen LogP contribution in [-0.4, -0.2) is 17.0 Å². The van der Waals surface area contributed by atoms with Crippen LogP contribution in [0, 0.1) is 5.41 Å². The highest BCUT2D eigenvalue weighted by atomic mass is 19.3. The molecule has 0 aromatic carbocycles. The molecule has 0 amide bonds. The predicted octanol–water partition coefficient (Wildman–Crippen LogP) is 2.68. The van der Waals surface area contributed by atoms with Crippen molar-refractivity contribution in [3.05, 3.63) is 0 Å². The quantitative estimate of drug-likeness (QED) is 0.746. The number of carbonyl (C=O) groups is 1. The van der Waals surface area contributed by atoms with E-state index in [-0.39, 0.29) is 0 Å². The van der Waals surface area contributed by atoms with E-state index in [0.717, 1.165) is 19.8 Å². The standard InChI is InChI=1S/C9H14F2O2/c1-8(10,11)6-9(7(12)13)4-2-3-5-9/h2-6H2,1H3,(H,12,13). The lowest BCUT2D eigenvalue weighted by molar-refractivity contribution is -0.154. The van der Waals surface area contributed by atoms with E-state index < -0.39 is 23.7 Å². The Morgan fingerprint density at radius 3 is 2.23 bits per heavy atom. The average Bonchev–Trinajstić information content (AvgIpc) is 2.33. The minimum absolute atomic E-state index is 0.395. The minimum atomic E-state index is -2.87. The summed E-state index contributed by atoms with van der Waals surface area (Å²) >= 11 is 0. The fourth-order valence-corrected chi connectivity index (χ4v) is 2.11. The van der Waals surface area contributed by atoms with Crippen LogP contribution in [0.2, 0.25) is 0 Å². The number of carboxylic acids is 1. The second-order valence-electron chi connectivity index (χ2n) is 4.04. The molecule has 0 aromatic rings. The normalized spacial score (nSPS) is 21.8. The van der Waals surface area contributed by atoms with Crippen molar-refractivity contribution in [3.63, 3.8) is 0 Å². The van der Waals surface area contributed by atoms with Crippen LogP contribution in [0.5, 0.6) is 0 Å². The third-order valence-electron chi connectivity index (χ3n) is 2.66. The zero-order chi connectivity index (χ0) is 10.1. The molecule has 1 N–H and O–H groups in total. The summed E-state index contributed by atoms with van der Waals surface area (Å²) in [4.78, 5) is 10.9. The van der Waals surface area contributed by atoms with E-state index in [0.29, 0.717) is 12.8 Å². The highest BCUT2D eigenvalue weighted by Crippen LogP contribution is 2.45. The van der Waals surface area contributed by atoms with Gasteiger partial charge in [-0.1, -0.05) is 12.8 Å². The first-order valence-corrected chi connectivity index (χ1v) is 4.47. The molecule has 0 spiro atoms. The lowest BCUT2D eigenvalue weighted by Gasteiger charge is -2.26. The molecule has 0 unspecified atom stereocenters. The maximum absolute atomic E-state index is 12.7. The number of carboxylic acid groups (broad SMARTS) is 1. The SMILES string of the molecule is CC(F)(F)CC1(C(=O)O)CCCC1. The van der Waals surface area contributed by atoms with Gasteiger partial charge in [0.2, 0.25) is 5.92 Å². The Hall–Kier alpha value is -0.670. The van der Waals surface area contributed by atoms with Crippen molar-refractivity contribution < 1.29 is 18.7 Å². The molecule has 13 heavy (non-hydrogen) atoms. The predicted molar refractivity (Wildman–Crippen MR) is 43.8 cm³/mol. The number of hydrogen-bond acceptors (Lipinski definition) is 1. The molecule has 76 valence electrons. The highest BCUT2D eigenvalue weighted by Gasteiger charge is 2.46. The van der Waals surface area contributed by atoms with Crippen LogP contribution in [-0.2, 0) is 4.79 Å². The van der Waals surface area contributed by atoms with Crippen molar-refractivity contribution in [2.24, 2.45) is 5.41 Å². The van der Waals surface area contributed by atoms with E-state index >= 15 is 0 Å². The lowest BCUT2D eigenvalue weighted by Crippen LogP contribution is -2.33. The Morgan fingerprint density at radius 2 is 1.92 bits per heavy atom. The second-order valence-corrected chi connectivity index (χ2v) is 4.04. The van der Waals surface area contributed by atoms with Gasteiger partial charge in [0.15, 0.2) is 0 Å². The van der Waals surface area contributed by atoms with Gasteiger partial charge < -0.3 is 5.11 Å². The number of aliphatic carboxylic acids is 1. The molecular weight excluding hydrogens is 178 g/mol. The Labute approximate surface area is 75.9 Å². The molecule has 0 radical (unpaired) electrons. The van der Waals surface area contributed by atoms with E-state index in [2.05, 4.69) is 0 Å². The van der Waals surface area contributed by atoms with Crippen LogP contribution < -0.4 is 0 Å². The summed E-state index contributed by atoms with van der Waals surface area (Å²) in [6, 6.07) is 0. The van der Waals surface area contributed by atoms with Crippen LogP contribution in [0.25, 0.3) is 0 Å². The summed E-state index contributed by atoms with van der Waals surface area (Å²) < 4.78 is 25.4.